The minimum atomic E-state index is -0.312. The molecular weight excluding hydrogens is 333 g/mol. The van der Waals surface area contributed by atoms with E-state index in [4.69, 9.17) is 0 Å². The molecule has 3 heterocycles. The van der Waals surface area contributed by atoms with Gasteiger partial charge in [0.05, 0.1) is 0 Å². The Morgan fingerprint density at radius 3 is 3.00 bits per heavy atom. The lowest BCUT2D eigenvalue weighted by Crippen LogP contribution is -2.46. The van der Waals surface area contributed by atoms with Crippen molar-refractivity contribution in [2.45, 2.75) is 44.2 Å². The molecule has 2 atom stereocenters. The molecule has 2 fully saturated rings. The average molecular weight is 363 g/mol. The molecule has 0 bridgehead atoms. The highest BCUT2D eigenvalue weighted by molar-refractivity contribution is 5.74. The van der Waals surface area contributed by atoms with E-state index in [1.807, 2.05) is 11.9 Å². The van der Waals surface area contributed by atoms with E-state index in [-0.39, 0.29) is 17.9 Å². The Balaban J connectivity index is 1.44. The Kier molecular flexibility index (Phi) is 6.29. The number of hydrogen-bond acceptors (Lipinski definition) is 4. The van der Waals surface area contributed by atoms with Gasteiger partial charge in [-0.05, 0) is 51.4 Å². The monoisotopic (exact) mass is 363 g/mol. The highest BCUT2D eigenvalue weighted by atomic mass is 19.1. The quantitative estimate of drug-likeness (QED) is 0.872. The maximum absolute atomic E-state index is 13.9. The highest BCUT2D eigenvalue weighted by Gasteiger charge is 2.27. The van der Waals surface area contributed by atoms with Crippen molar-refractivity contribution in [3.8, 4) is 0 Å². The number of rotatable bonds is 5. The van der Waals surface area contributed by atoms with Crippen molar-refractivity contribution in [2.24, 2.45) is 0 Å². The molecule has 3 rings (SSSR count). The van der Waals surface area contributed by atoms with Gasteiger partial charge in [-0.15, -0.1) is 0 Å². The molecule has 2 saturated heterocycles. The maximum Gasteiger partial charge on any atom is 0.317 e. The van der Waals surface area contributed by atoms with E-state index >= 15 is 0 Å². The predicted molar refractivity (Wildman–Crippen MR) is 101 cm³/mol. The van der Waals surface area contributed by atoms with Crippen LogP contribution < -0.4 is 10.2 Å². The normalized spacial score (nSPS) is 23.9. The SMILES string of the molecule is CN(CCC1CCCCN1C)C(=O)NC1CCN(c2ncccc2F)C1. The molecule has 2 aliphatic heterocycles. The summed E-state index contributed by atoms with van der Waals surface area (Å²) in [7, 11) is 4.02. The lowest BCUT2D eigenvalue weighted by Gasteiger charge is -2.33. The van der Waals surface area contributed by atoms with Gasteiger partial charge in [0.2, 0.25) is 0 Å². The van der Waals surface area contributed by atoms with Gasteiger partial charge in [0, 0.05) is 45.0 Å². The number of carbonyl (C=O) groups excluding carboxylic acids is 1. The van der Waals surface area contributed by atoms with Crippen LogP contribution in [0.3, 0.4) is 0 Å². The Hall–Kier alpha value is -1.89. The topological polar surface area (TPSA) is 51.7 Å². The number of likely N-dealkylation sites (tertiary alicyclic amines) is 1. The maximum atomic E-state index is 13.9. The summed E-state index contributed by atoms with van der Waals surface area (Å²) in [6.07, 6.45) is 7.20. The molecule has 0 saturated carbocycles. The molecule has 0 radical (unpaired) electrons. The van der Waals surface area contributed by atoms with Gasteiger partial charge in [-0.3, -0.25) is 0 Å². The van der Waals surface area contributed by atoms with Crippen LogP contribution in [0.1, 0.15) is 32.1 Å². The second kappa shape index (κ2) is 8.66. The molecule has 0 aliphatic carbocycles. The Labute approximate surface area is 155 Å². The fraction of sp³-hybridized carbons (Fsp3) is 0.684. The minimum absolute atomic E-state index is 0.0312. The van der Waals surface area contributed by atoms with Crippen LogP contribution in [-0.2, 0) is 0 Å². The molecule has 1 aromatic heterocycles. The summed E-state index contributed by atoms with van der Waals surface area (Å²) in [4.78, 5) is 22.7. The number of anilines is 1. The van der Waals surface area contributed by atoms with E-state index in [2.05, 4.69) is 22.2 Å². The van der Waals surface area contributed by atoms with Gasteiger partial charge in [-0.1, -0.05) is 6.42 Å². The zero-order chi connectivity index (χ0) is 18.5. The molecule has 2 unspecified atom stereocenters. The molecular formula is C19H30FN5O. The van der Waals surface area contributed by atoms with Gasteiger partial charge in [0.15, 0.2) is 11.6 Å². The molecule has 144 valence electrons. The fourth-order valence-electron chi connectivity index (χ4n) is 3.92. The zero-order valence-electron chi connectivity index (χ0n) is 15.8. The van der Waals surface area contributed by atoms with Crippen LogP contribution in [0.15, 0.2) is 18.3 Å². The summed E-state index contributed by atoms with van der Waals surface area (Å²) in [5.41, 5.74) is 0. The Morgan fingerprint density at radius 2 is 2.23 bits per heavy atom. The summed E-state index contributed by atoms with van der Waals surface area (Å²) in [5, 5.41) is 3.08. The van der Waals surface area contributed by atoms with Crippen molar-refractivity contribution >= 4 is 11.8 Å². The van der Waals surface area contributed by atoms with Crippen molar-refractivity contribution in [1.29, 1.82) is 0 Å². The van der Waals surface area contributed by atoms with Gasteiger partial charge in [0.1, 0.15) is 0 Å². The largest absolute Gasteiger partial charge is 0.352 e. The third-order valence-corrected chi connectivity index (χ3v) is 5.62. The first-order chi connectivity index (χ1) is 12.5. The molecule has 26 heavy (non-hydrogen) atoms. The number of hydrogen-bond donors (Lipinski definition) is 1. The van der Waals surface area contributed by atoms with Crippen molar-refractivity contribution in [2.75, 3.05) is 45.2 Å². The smallest absolute Gasteiger partial charge is 0.317 e. The van der Waals surface area contributed by atoms with Crippen LogP contribution in [0.25, 0.3) is 0 Å². The minimum Gasteiger partial charge on any atom is -0.352 e. The standard InChI is InChI=1S/C19H30FN5O/c1-23-11-4-3-6-16(23)9-12-24(2)19(26)22-15-8-13-25(14-15)18-17(20)7-5-10-21-18/h5,7,10,15-16H,3-4,6,8-9,11-14H2,1-2H3,(H,22,26). The number of pyridine rings is 1. The van der Waals surface area contributed by atoms with Gasteiger partial charge in [0.25, 0.3) is 0 Å². The van der Waals surface area contributed by atoms with Gasteiger partial charge in [-0.25, -0.2) is 14.2 Å². The molecule has 6 nitrogen and oxygen atoms in total. The molecule has 0 spiro atoms. The number of aromatic nitrogens is 1. The molecule has 2 amide bonds. The molecule has 2 aliphatic rings. The van der Waals surface area contributed by atoms with E-state index in [1.54, 1.807) is 17.2 Å². The Morgan fingerprint density at radius 1 is 1.38 bits per heavy atom. The third kappa shape index (κ3) is 4.63. The first-order valence-electron chi connectivity index (χ1n) is 9.62. The van der Waals surface area contributed by atoms with Crippen LogP contribution in [0, 0.1) is 5.82 Å². The predicted octanol–water partition coefficient (Wildman–Crippen LogP) is 2.32. The van der Waals surface area contributed by atoms with E-state index < -0.39 is 0 Å². The average Bonchev–Trinajstić information content (AvgIpc) is 3.09. The van der Waals surface area contributed by atoms with Crippen LogP contribution >= 0.6 is 0 Å². The van der Waals surface area contributed by atoms with E-state index in [9.17, 15) is 9.18 Å². The summed E-state index contributed by atoms with van der Waals surface area (Å²) >= 11 is 0. The van der Waals surface area contributed by atoms with E-state index in [1.165, 1.54) is 25.3 Å². The van der Waals surface area contributed by atoms with Gasteiger partial charge in [-0.2, -0.15) is 0 Å². The first-order valence-corrected chi connectivity index (χ1v) is 9.62. The van der Waals surface area contributed by atoms with E-state index in [0.717, 1.165) is 25.9 Å². The van der Waals surface area contributed by atoms with Gasteiger partial charge < -0.3 is 20.0 Å². The molecule has 1 aromatic rings. The second-order valence-electron chi connectivity index (χ2n) is 7.53. The third-order valence-electron chi connectivity index (χ3n) is 5.62. The number of urea groups is 1. The zero-order valence-corrected chi connectivity index (χ0v) is 15.8. The van der Waals surface area contributed by atoms with Crippen LogP contribution in [-0.4, -0.2) is 73.2 Å². The number of amides is 2. The number of nitrogens with zero attached hydrogens (tertiary/aromatic N) is 4. The Bertz CT molecular complexity index is 613. The fourth-order valence-corrected chi connectivity index (χ4v) is 3.92. The van der Waals surface area contributed by atoms with E-state index in [0.29, 0.717) is 24.9 Å². The van der Waals surface area contributed by atoms with Gasteiger partial charge >= 0.3 is 6.03 Å². The number of nitrogens with one attached hydrogen (secondary N) is 1. The number of halogens is 1. The first kappa shape index (κ1) is 18.9. The van der Waals surface area contributed by atoms with Crippen LogP contribution in [0.5, 0.6) is 0 Å². The summed E-state index contributed by atoms with van der Waals surface area (Å²) in [5.74, 6) is 0.0612. The van der Waals surface area contributed by atoms with Crippen LogP contribution in [0.2, 0.25) is 0 Å². The van der Waals surface area contributed by atoms with Crippen molar-refractivity contribution in [3.63, 3.8) is 0 Å². The number of piperidine rings is 1. The van der Waals surface area contributed by atoms with Crippen molar-refractivity contribution in [3.05, 3.63) is 24.1 Å². The lowest BCUT2D eigenvalue weighted by atomic mass is 10.00. The molecule has 0 aromatic carbocycles. The molecule has 7 heteroatoms. The lowest BCUT2D eigenvalue weighted by molar-refractivity contribution is 0.159. The summed E-state index contributed by atoms with van der Waals surface area (Å²) < 4.78 is 13.9. The van der Waals surface area contributed by atoms with Crippen LogP contribution in [0.4, 0.5) is 15.0 Å². The summed E-state index contributed by atoms with van der Waals surface area (Å²) in [6.45, 7) is 3.21. The molecule has 1 N–H and O–H groups in total. The second-order valence-corrected chi connectivity index (χ2v) is 7.53. The number of carbonyl (C=O) groups is 1. The highest BCUT2D eigenvalue weighted by Crippen LogP contribution is 2.21. The summed E-state index contributed by atoms with van der Waals surface area (Å²) in [6, 6.07) is 3.57. The van der Waals surface area contributed by atoms with Crippen molar-refractivity contribution in [1.82, 2.24) is 20.1 Å². The van der Waals surface area contributed by atoms with Crippen molar-refractivity contribution < 1.29 is 9.18 Å².